The van der Waals surface area contributed by atoms with Gasteiger partial charge in [0.25, 0.3) is 0 Å². The maximum Gasteiger partial charge on any atom is 0.119 e. The average molecular weight is 431 g/mol. The lowest BCUT2D eigenvalue weighted by molar-refractivity contribution is 0.0277. The van der Waals surface area contributed by atoms with Crippen molar-refractivity contribution in [2.75, 3.05) is 13.2 Å². The van der Waals surface area contributed by atoms with Gasteiger partial charge in [0.15, 0.2) is 0 Å². The van der Waals surface area contributed by atoms with E-state index in [1.54, 1.807) is 0 Å². The molecule has 3 aromatic carbocycles. The predicted octanol–water partition coefficient (Wildman–Crippen LogP) is 7.07. The molecule has 3 aromatic rings. The molecule has 3 heteroatoms. The Labute approximate surface area is 192 Å². The summed E-state index contributed by atoms with van der Waals surface area (Å²) in [6, 6.07) is 26.1. The summed E-state index contributed by atoms with van der Waals surface area (Å²) < 4.78 is 11.5. The molecule has 0 aromatic heterocycles. The first-order valence-electron chi connectivity index (χ1n) is 11.6. The van der Waals surface area contributed by atoms with Crippen molar-refractivity contribution in [3.8, 4) is 5.75 Å². The van der Waals surface area contributed by atoms with Gasteiger partial charge in [-0.3, -0.25) is 0 Å². The Morgan fingerprint density at radius 1 is 0.781 bits per heavy atom. The number of rotatable bonds is 13. The Bertz CT molecular complexity index is 915. The van der Waals surface area contributed by atoms with Gasteiger partial charge < -0.3 is 14.6 Å². The normalized spacial score (nSPS) is 12.2. The SMILES string of the molecule is CCCCCCOc1ccc(C=Cc2ccc(COCC(O)c3ccccc3)cc2)cc1. The third kappa shape index (κ3) is 8.33. The maximum atomic E-state index is 10.2. The molecule has 168 valence electrons. The number of aliphatic hydroxyl groups excluding tert-OH is 1. The summed E-state index contributed by atoms with van der Waals surface area (Å²) in [5.74, 6) is 0.931. The number of hydrogen-bond donors (Lipinski definition) is 1. The van der Waals surface area contributed by atoms with Crippen molar-refractivity contribution in [2.45, 2.75) is 45.3 Å². The zero-order valence-corrected chi connectivity index (χ0v) is 19.0. The summed E-state index contributed by atoms with van der Waals surface area (Å²) in [5.41, 5.74) is 4.24. The molecule has 3 nitrogen and oxygen atoms in total. The van der Waals surface area contributed by atoms with Crippen LogP contribution in [-0.4, -0.2) is 18.3 Å². The van der Waals surface area contributed by atoms with Crippen LogP contribution in [-0.2, 0) is 11.3 Å². The topological polar surface area (TPSA) is 38.7 Å². The van der Waals surface area contributed by atoms with E-state index in [2.05, 4.69) is 55.5 Å². The fraction of sp³-hybridized carbons (Fsp3) is 0.310. The summed E-state index contributed by atoms with van der Waals surface area (Å²) in [7, 11) is 0. The van der Waals surface area contributed by atoms with Gasteiger partial charge in [0, 0.05) is 0 Å². The summed E-state index contributed by atoms with van der Waals surface area (Å²) in [4.78, 5) is 0. The van der Waals surface area contributed by atoms with E-state index in [1.807, 2.05) is 42.5 Å². The van der Waals surface area contributed by atoms with Crippen molar-refractivity contribution >= 4 is 12.2 Å². The summed E-state index contributed by atoms with van der Waals surface area (Å²) in [5, 5.41) is 10.2. The highest BCUT2D eigenvalue weighted by atomic mass is 16.5. The first-order chi connectivity index (χ1) is 15.7. The number of ether oxygens (including phenoxy) is 2. The van der Waals surface area contributed by atoms with E-state index >= 15 is 0 Å². The van der Waals surface area contributed by atoms with Crippen molar-refractivity contribution in [2.24, 2.45) is 0 Å². The highest BCUT2D eigenvalue weighted by molar-refractivity contribution is 5.69. The van der Waals surface area contributed by atoms with Crippen LogP contribution in [0.15, 0.2) is 78.9 Å². The molecule has 0 aliphatic carbocycles. The summed E-state index contributed by atoms with van der Waals surface area (Å²) >= 11 is 0. The van der Waals surface area contributed by atoms with Gasteiger partial charge in [-0.1, -0.05) is 105 Å². The first kappa shape index (κ1) is 23.8. The number of benzene rings is 3. The second kappa shape index (κ2) is 13.5. The second-order valence-corrected chi connectivity index (χ2v) is 7.99. The van der Waals surface area contributed by atoms with Crippen LogP contribution in [0, 0.1) is 0 Å². The van der Waals surface area contributed by atoms with Gasteiger partial charge in [0.2, 0.25) is 0 Å². The maximum absolute atomic E-state index is 10.2. The second-order valence-electron chi connectivity index (χ2n) is 7.99. The minimum atomic E-state index is -0.601. The Balaban J connectivity index is 1.41. The van der Waals surface area contributed by atoms with E-state index < -0.39 is 6.10 Å². The lowest BCUT2D eigenvalue weighted by atomic mass is 10.1. The minimum absolute atomic E-state index is 0.282. The van der Waals surface area contributed by atoms with Crippen molar-refractivity contribution in [1.82, 2.24) is 0 Å². The molecule has 0 saturated heterocycles. The zero-order valence-electron chi connectivity index (χ0n) is 19.0. The molecule has 0 heterocycles. The van der Waals surface area contributed by atoms with Gasteiger partial charge in [-0.25, -0.2) is 0 Å². The van der Waals surface area contributed by atoms with Crippen molar-refractivity contribution in [3.63, 3.8) is 0 Å². The van der Waals surface area contributed by atoms with Gasteiger partial charge in [-0.05, 0) is 40.8 Å². The molecule has 0 amide bonds. The fourth-order valence-corrected chi connectivity index (χ4v) is 3.37. The Morgan fingerprint density at radius 3 is 2.09 bits per heavy atom. The van der Waals surface area contributed by atoms with Crippen molar-refractivity contribution in [3.05, 3.63) is 101 Å². The Kier molecular flexibility index (Phi) is 10.0. The van der Waals surface area contributed by atoms with Crippen molar-refractivity contribution < 1.29 is 14.6 Å². The third-order valence-corrected chi connectivity index (χ3v) is 5.32. The first-order valence-corrected chi connectivity index (χ1v) is 11.6. The van der Waals surface area contributed by atoms with E-state index in [9.17, 15) is 5.11 Å². The molecule has 3 rings (SSSR count). The van der Waals surface area contributed by atoms with Crippen molar-refractivity contribution in [1.29, 1.82) is 0 Å². The van der Waals surface area contributed by atoms with E-state index in [1.165, 1.54) is 19.3 Å². The van der Waals surface area contributed by atoms with Crippen LogP contribution in [0.25, 0.3) is 12.2 Å². The molecule has 1 N–H and O–H groups in total. The third-order valence-electron chi connectivity index (χ3n) is 5.32. The molecule has 0 radical (unpaired) electrons. The van der Waals surface area contributed by atoms with Gasteiger partial charge in [0.1, 0.15) is 11.9 Å². The molecule has 0 aliphatic rings. The van der Waals surface area contributed by atoms with Crippen LogP contribution in [0.4, 0.5) is 0 Å². The highest BCUT2D eigenvalue weighted by Crippen LogP contribution is 2.17. The zero-order chi connectivity index (χ0) is 22.4. The van der Waals surface area contributed by atoms with E-state index in [4.69, 9.17) is 9.47 Å². The quantitative estimate of drug-likeness (QED) is 0.233. The lowest BCUT2D eigenvalue weighted by Gasteiger charge is -2.11. The van der Waals surface area contributed by atoms with E-state index in [0.29, 0.717) is 6.61 Å². The largest absolute Gasteiger partial charge is 0.494 e. The van der Waals surface area contributed by atoms with Gasteiger partial charge >= 0.3 is 0 Å². The minimum Gasteiger partial charge on any atom is -0.494 e. The number of aliphatic hydroxyl groups is 1. The Morgan fingerprint density at radius 2 is 1.44 bits per heavy atom. The molecule has 0 saturated carbocycles. The monoisotopic (exact) mass is 430 g/mol. The fourth-order valence-electron chi connectivity index (χ4n) is 3.37. The van der Waals surface area contributed by atoms with Crippen LogP contribution in [0.1, 0.15) is 61.0 Å². The molecular weight excluding hydrogens is 396 g/mol. The van der Waals surface area contributed by atoms with Crippen LogP contribution in [0.2, 0.25) is 0 Å². The molecular formula is C29H34O3. The average Bonchev–Trinajstić information content (AvgIpc) is 2.84. The molecule has 0 fully saturated rings. The van der Waals surface area contributed by atoms with Crippen LogP contribution < -0.4 is 4.74 Å². The van der Waals surface area contributed by atoms with E-state index in [0.717, 1.165) is 41.0 Å². The smallest absolute Gasteiger partial charge is 0.119 e. The standard InChI is InChI=1S/C29H34O3/c1-2-3-4-8-21-32-28-19-17-25(18-20-28)12-11-24-13-15-26(16-14-24)22-31-23-29(30)27-9-6-5-7-10-27/h5-7,9-20,29-30H,2-4,8,21-23H2,1H3. The molecule has 0 spiro atoms. The summed E-state index contributed by atoms with van der Waals surface area (Å²) in [6.07, 6.45) is 8.48. The molecule has 32 heavy (non-hydrogen) atoms. The molecule has 1 unspecified atom stereocenters. The molecule has 0 bridgehead atoms. The lowest BCUT2D eigenvalue weighted by Crippen LogP contribution is -2.07. The van der Waals surface area contributed by atoms with E-state index in [-0.39, 0.29) is 6.61 Å². The van der Waals surface area contributed by atoms with Gasteiger partial charge in [0.05, 0.1) is 19.8 Å². The summed E-state index contributed by atoms with van der Waals surface area (Å²) in [6.45, 7) is 3.77. The Hall–Kier alpha value is -2.88. The number of unbranched alkanes of at least 4 members (excludes halogenated alkanes) is 3. The van der Waals surface area contributed by atoms with Gasteiger partial charge in [-0.15, -0.1) is 0 Å². The van der Waals surface area contributed by atoms with Gasteiger partial charge in [-0.2, -0.15) is 0 Å². The molecule has 0 aliphatic heterocycles. The number of hydrogen-bond acceptors (Lipinski definition) is 3. The molecule has 1 atom stereocenters. The van der Waals surface area contributed by atoms with Crippen LogP contribution >= 0.6 is 0 Å². The predicted molar refractivity (Wildman–Crippen MR) is 133 cm³/mol. The van der Waals surface area contributed by atoms with Crippen LogP contribution in [0.5, 0.6) is 5.75 Å². The highest BCUT2D eigenvalue weighted by Gasteiger charge is 2.06. The van der Waals surface area contributed by atoms with Crippen LogP contribution in [0.3, 0.4) is 0 Å².